The third-order valence-corrected chi connectivity index (χ3v) is 3.48. The van der Waals surface area contributed by atoms with Gasteiger partial charge in [0, 0.05) is 18.2 Å². The first-order valence-corrected chi connectivity index (χ1v) is 7.14. The van der Waals surface area contributed by atoms with Crippen LogP contribution in [-0.2, 0) is 0 Å². The number of rotatable bonds is 8. The van der Waals surface area contributed by atoms with Crippen molar-refractivity contribution < 1.29 is 13.9 Å². The molecule has 1 unspecified atom stereocenters. The summed E-state index contributed by atoms with van der Waals surface area (Å²) in [7, 11) is 5.41. The summed E-state index contributed by atoms with van der Waals surface area (Å²) in [4.78, 5) is 16.5. The Hall–Kier alpha value is -1.46. The van der Waals surface area contributed by atoms with Gasteiger partial charge < -0.3 is 9.64 Å². The fraction of sp³-hybridized carbons (Fsp3) is 0.562. The van der Waals surface area contributed by atoms with E-state index in [1.54, 1.807) is 6.07 Å². The maximum Gasteiger partial charge on any atom is 0.176 e. The van der Waals surface area contributed by atoms with Crippen LogP contribution in [0.5, 0.6) is 5.75 Å². The first-order valence-electron chi connectivity index (χ1n) is 7.14. The number of ketones is 1. The minimum Gasteiger partial charge on any atom is -0.494 e. The molecule has 0 aliphatic heterocycles. The van der Waals surface area contributed by atoms with Crippen LogP contribution in [0.4, 0.5) is 4.39 Å². The standard InChI is InChI=1S/C16H25FN2O2/c1-6-19(12(2)10-18(3)4)11-15(20)13-7-8-16(21-5)14(17)9-13/h7-9,12H,6,10-11H2,1-5H3. The fourth-order valence-electron chi connectivity index (χ4n) is 2.34. The van der Waals surface area contributed by atoms with Gasteiger partial charge in [0.25, 0.3) is 0 Å². The SMILES string of the molecule is CCN(CC(=O)c1ccc(OC)c(F)c1)C(C)CN(C)C. The van der Waals surface area contributed by atoms with Crippen LogP contribution >= 0.6 is 0 Å². The molecule has 21 heavy (non-hydrogen) atoms. The molecule has 0 aliphatic rings. The molecular formula is C16H25FN2O2. The molecule has 4 nitrogen and oxygen atoms in total. The lowest BCUT2D eigenvalue weighted by Gasteiger charge is -2.29. The highest BCUT2D eigenvalue weighted by atomic mass is 19.1. The van der Waals surface area contributed by atoms with Crippen LogP contribution in [-0.4, -0.2) is 62.5 Å². The lowest BCUT2D eigenvalue weighted by Crippen LogP contribution is -2.42. The number of Topliss-reactive ketones (excluding diaryl/α,β-unsaturated/α-hetero) is 1. The maximum absolute atomic E-state index is 13.7. The third-order valence-electron chi connectivity index (χ3n) is 3.48. The molecule has 1 aromatic rings. The summed E-state index contributed by atoms with van der Waals surface area (Å²) < 4.78 is 18.5. The zero-order chi connectivity index (χ0) is 16.0. The Balaban J connectivity index is 2.76. The number of methoxy groups -OCH3 is 1. The van der Waals surface area contributed by atoms with Crippen LogP contribution in [0.1, 0.15) is 24.2 Å². The molecule has 0 saturated heterocycles. The van der Waals surface area contributed by atoms with Crippen molar-refractivity contribution in [1.29, 1.82) is 0 Å². The molecule has 0 fully saturated rings. The normalized spacial score (nSPS) is 12.8. The Bertz CT molecular complexity index is 477. The van der Waals surface area contributed by atoms with Gasteiger partial charge in [-0.3, -0.25) is 9.69 Å². The Labute approximate surface area is 126 Å². The van der Waals surface area contributed by atoms with Crippen molar-refractivity contribution in [3.8, 4) is 5.75 Å². The van der Waals surface area contributed by atoms with Gasteiger partial charge in [-0.2, -0.15) is 0 Å². The monoisotopic (exact) mass is 296 g/mol. The molecule has 118 valence electrons. The van der Waals surface area contributed by atoms with Gasteiger partial charge in [-0.15, -0.1) is 0 Å². The van der Waals surface area contributed by atoms with E-state index in [4.69, 9.17) is 4.74 Å². The van der Waals surface area contributed by atoms with Crippen molar-refractivity contribution in [2.45, 2.75) is 19.9 Å². The van der Waals surface area contributed by atoms with Crippen LogP contribution in [0.25, 0.3) is 0 Å². The van der Waals surface area contributed by atoms with E-state index in [-0.39, 0.29) is 24.1 Å². The minimum absolute atomic E-state index is 0.0796. The molecule has 1 aromatic carbocycles. The summed E-state index contributed by atoms with van der Waals surface area (Å²) in [5.41, 5.74) is 0.379. The fourth-order valence-corrected chi connectivity index (χ4v) is 2.34. The predicted molar refractivity (Wildman–Crippen MR) is 82.5 cm³/mol. The molecule has 0 bridgehead atoms. The highest BCUT2D eigenvalue weighted by Crippen LogP contribution is 2.18. The highest BCUT2D eigenvalue weighted by molar-refractivity contribution is 5.97. The Kier molecular flexibility index (Phi) is 6.78. The van der Waals surface area contributed by atoms with Crippen LogP contribution in [0.15, 0.2) is 18.2 Å². The van der Waals surface area contributed by atoms with Crippen molar-refractivity contribution in [3.63, 3.8) is 0 Å². The minimum atomic E-state index is -0.507. The molecule has 0 spiro atoms. The number of halogens is 1. The summed E-state index contributed by atoms with van der Waals surface area (Å²) >= 11 is 0. The van der Waals surface area contributed by atoms with Gasteiger partial charge in [0.2, 0.25) is 0 Å². The van der Waals surface area contributed by atoms with Gasteiger partial charge in [0.1, 0.15) is 0 Å². The lowest BCUT2D eigenvalue weighted by atomic mass is 10.1. The summed E-state index contributed by atoms with van der Waals surface area (Å²) in [5, 5.41) is 0. The Morgan fingerprint density at radius 2 is 2.05 bits per heavy atom. The largest absolute Gasteiger partial charge is 0.494 e. The lowest BCUT2D eigenvalue weighted by molar-refractivity contribution is 0.0888. The molecule has 1 atom stereocenters. The second-order valence-corrected chi connectivity index (χ2v) is 5.45. The number of nitrogens with zero attached hydrogens (tertiary/aromatic N) is 2. The highest BCUT2D eigenvalue weighted by Gasteiger charge is 2.18. The van der Waals surface area contributed by atoms with E-state index >= 15 is 0 Å². The van der Waals surface area contributed by atoms with E-state index in [0.717, 1.165) is 13.1 Å². The number of hydrogen-bond donors (Lipinski definition) is 0. The van der Waals surface area contributed by atoms with E-state index < -0.39 is 5.82 Å². The van der Waals surface area contributed by atoms with Crippen LogP contribution < -0.4 is 4.74 Å². The number of benzene rings is 1. The van der Waals surface area contributed by atoms with Gasteiger partial charge in [-0.25, -0.2) is 4.39 Å². The molecule has 0 amide bonds. The van der Waals surface area contributed by atoms with Crippen molar-refractivity contribution in [1.82, 2.24) is 9.80 Å². The number of hydrogen-bond acceptors (Lipinski definition) is 4. The number of carbonyl (C=O) groups excluding carboxylic acids is 1. The number of likely N-dealkylation sites (N-methyl/N-ethyl adjacent to an activating group) is 2. The topological polar surface area (TPSA) is 32.8 Å². The number of carbonyl (C=O) groups is 1. The number of ether oxygens (including phenoxy) is 1. The van der Waals surface area contributed by atoms with Gasteiger partial charge >= 0.3 is 0 Å². The Morgan fingerprint density at radius 3 is 2.52 bits per heavy atom. The quantitative estimate of drug-likeness (QED) is 0.689. The van der Waals surface area contributed by atoms with Crippen LogP contribution in [0.2, 0.25) is 0 Å². The van der Waals surface area contributed by atoms with Crippen molar-refractivity contribution in [2.24, 2.45) is 0 Å². The first kappa shape index (κ1) is 17.6. The van der Waals surface area contributed by atoms with Crippen molar-refractivity contribution in [3.05, 3.63) is 29.6 Å². The van der Waals surface area contributed by atoms with E-state index in [0.29, 0.717) is 5.56 Å². The van der Waals surface area contributed by atoms with Crippen LogP contribution in [0, 0.1) is 5.82 Å². The van der Waals surface area contributed by atoms with Crippen molar-refractivity contribution in [2.75, 3.05) is 40.8 Å². The molecular weight excluding hydrogens is 271 g/mol. The van der Waals surface area contributed by atoms with E-state index in [1.165, 1.54) is 19.2 Å². The van der Waals surface area contributed by atoms with E-state index in [2.05, 4.69) is 16.7 Å². The molecule has 0 aromatic heterocycles. The van der Waals surface area contributed by atoms with E-state index in [1.807, 2.05) is 21.0 Å². The second kappa shape index (κ2) is 8.10. The van der Waals surface area contributed by atoms with Crippen molar-refractivity contribution >= 4 is 5.78 Å². The molecule has 0 saturated carbocycles. The van der Waals surface area contributed by atoms with Gasteiger partial charge in [-0.05, 0) is 45.8 Å². The maximum atomic E-state index is 13.7. The molecule has 5 heteroatoms. The van der Waals surface area contributed by atoms with Gasteiger partial charge in [0.15, 0.2) is 17.3 Å². The second-order valence-electron chi connectivity index (χ2n) is 5.45. The molecule has 1 rings (SSSR count). The summed E-state index contributed by atoms with van der Waals surface area (Å²) in [6.07, 6.45) is 0. The smallest absolute Gasteiger partial charge is 0.176 e. The third kappa shape index (κ3) is 5.10. The molecule has 0 N–H and O–H groups in total. The van der Waals surface area contributed by atoms with Crippen LogP contribution in [0.3, 0.4) is 0 Å². The molecule has 0 radical (unpaired) electrons. The first-order chi connectivity index (χ1) is 9.88. The average molecular weight is 296 g/mol. The summed E-state index contributed by atoms with van der Waals surface area (Å²) in [6.45, 7) is 6.05. The van der Waals surface area contributed by atoms with Gasteiger partial charge in [0.05, 0.1) is 13.7 Å². The van der Waals surface area contributed by atoms with E-state index in [9.17, 15) is 9.18 Å². The molecule has 0 aliphatic carbocycles. The Morgan fingerprint density at radius 1 is 1.38 bits per heavy atom. The summed E-state index contributed by atoms with van der Waals surface area (Å²) in [6, 6.07) is 4.60. The van der Waals surface area contributed by atoms with Gasteiger partial charge in [-0.1, -0.05) is 6.92 Å². The predicted octanol–water partition coefficient (Wildman–Crippen LogP) is 2.29. The summed E-state index contributed by atoms with van der Waals surface area (Å²) in [5.74, 6) is -0.434. The zero-order valence-corrected chi connectivity index (χ0v) is 13.5. The average Bonchev–Trinajstić information content (AvgIpc) is 2.43. The zero-order valence-electron chi connectivity index (χ0n) is 13.5. The molecule has 0 heterocycles.